The van der Waals surface area contributed by atoms with Crippen LogP contribution in [0.5, 0.6) is 0 Å². The van der Waals surface area contributed by atoms with Gasteiger partial charge in [-0.1, -0.05) is 44.0 Å². The van der Waals surface area contributed by atoms with Crippen molar-refractivity contribution in [2.45, 2.75) is 64.6 Å². The Bertz CT molecular complexity index is 1130. The van der Waals surface area contributed by atoms with Gasteiger partial charge in [-0.25, -0.2) is 4.98 Å². The number of nitrogens with zero attached hydrogens (tertiary/aromatic N) is 4. The van der Waals surface area contributed by atoms with Crippen LogP contribution in [0.2, 0.25) is 0 Å². The molecule has 0 unspecified atom stereocenters. The van der Waals surface area contributed by atoms with Crippen molar-refractivity contribution in [3.05, 3.63) is 83.4 Å². The third kappa shape index (κ3) is 7.49. The standard InChI is InChI=1S/C32H43N5O2/c1-2-3-4-5-26-6-10-28(11-7-26)32(38)37(30-14-18-35(19-15-30)25-31-33-16-17-34-31)24-27-8-12-29(13-9-27)36-20-22-39-23-21-36/h6-13,16-17,30H,2-5,14-15,18-25H2,1H3,(H,33,34). The molecule has 0 aliphatic carbocycles. The van der Waals surface area contributed by atoms with E-state index in [2.05, 4.69) is 68.0 Å². The van der Waals surface area contributed by atoms with E-state index in [0.29, 0.717) is 6.54 Å². The number of rotatable bonds is 11. The molecule has 3 heterocycles. The van der Waals surface area contributed by atoms with Crippen molar-refractivity contribution in [2.75, 3.05) is 44.3 Å². The molecule has 0 bridgehead atoms. The maximum absolute atomic E-state index is 13.9. The summed E-state index contributed by atoms with van der Waals surface area (Å²) < 4.78 is 5.51. The minimum Gasteiger partial charge on any atom is -0.378 e. The first kappa shape index (κ1) is 27.4. The maximum Gasteiger partial charge on any atom is 0.254 e. The first-order valence-corrected chi connectivity index (χ1v) is 14.7. The number of morpholine rings is 1. The number of hydrogen-bond donors (Lipinski definition) is 1. The number of amides is 1. The number of carbonyl (C=O) groups is 1. The zero-order chi connectivity index (χ0) is 26.9. The number of aryl methyl sites for hydroxylation is 1. The van der Waals surface area contributed by atoms with E-state index in [1.54, 1.807) is 0 Å². The number of H-pyrrole nitrogens is 1. The summed E-state index contributed by atoms with van der Waals surface area (Å²) in [7, 11) is 0. The lowest BCUT2D eigenvalue weighted by Crippen LogP contribution is -2.47. The van der Waals surface area contributed by atoms with Crippen LogP contribution in [0.1, 0.15) is 66.3 Å². The molecule has 39 heavy (non-hydrogen) atoms. The van der Waals surface area contributed by atoms with Crippen LogP contribution in [-0.4, -0.2) is 71.1 Å². The number of anilines is 1. The van der Waals surface area contributed by atoms with E-state index < -0.39 is 0 Å². The van der Waals surface area contributed by atoms with Crippen LogP contribution in [0.25, 0.3) is 0 Å². The predicted molar refractivity (Wildman–Crippen MR) is 156 cm³/mol. The summed E-state index contributed by atoms with van der Waals surface area (Å²) in [6.07, 6.45) is 10.4. The lowest BCUT2D eigenvalue weighted by molar-refractivity contribution is 0.0540. The number of piperidine rings is 1. The van der Waals surface area contributed by atoms with Crippen molar-refractivity contribution in [3.63, 3.8) is 0 Å². The van der Waals surface area contributed by atoms with Gasteiger partial charge < -0.3 is 19.5 Å². The van der Waals surface area contributed by atoms with Gasteiger partial charge >= 0.3 is 0 Å². The molecule has 1 aromatic heterocycles. The van der Waals surface area contributed by atoms with Gasteiger partial charge in [0.15, 0.2) is 0 Å². The van der Waals surface area contributed by atoms with Gasteiger partial charge in [0.2, 0.25) is 0 Å². The number of imidazole rings is 1. The second kappa shape index (κ2) is 13.8. The molecule has 1 amide bonds. The molecule has 2 fully saturated rings. The molecule has 208 valence electrons. The molecular weight excluding hydrogens is 486 g/mol. The number of aromatic nitrogens is 2. The van der Waals surface area contributed by atoms with Crippen molar-refractivity contribution in [1.82, 2.24) is 19.8 Å². The van der Waals surface area contributed by atoms with E-state index in [1.165, 1.54) is 36.1 Å². The number of likely N-dealkylation sites (tertiary alicyclic amines) is 1. The van der Waals surface area contributed by atoms with Crippen molar-refractivity contribution in [1.29, 1.82) is 0 Å². The molecule has 1 N–H and O–H groups in total. The number of aromatic amines is 1. The van der Waals surface area contributed by atoms with E-state index in [1.807, 2.05) is 24.5 Å². The molecule has 2 saturated heterocycles. The van der Waals surface area contributed by atoms with Gasteiger partial charge in [0.25, 0.3) is 5.91 Å². The zero-order valence-electron chi connectivity index (χ0n) is 23.4. The number of unbranched alkanes of at least 4 members (excludes halogenated alkanes) is 2. The summed E-state index contributed by atoms with van der Waals surface area (Å²) in [5.74, 6) is 1.14. The van der Waals surface area contributed by atoms with Crippen LogP contribution in [0.4, 0.5) is 5.69 Å². The minimum absolute atomic E-state index is 0.136. The van der Waals surface area contributed by atoms with E-state index in [9.17, 15) is 4.79 Å². The van der Waals surface area contributed by atoms with Gasteiger partial charge in [0.1, 0.15) is 5.82 Å². The molecule has 0 atom stereocenters. The quantitative estimate of drug-likeness (QED) is 0.342. The summed E-state index contributed by atoms with van der Waals surface area (Å²) in [5, 5.41) is 0. The highest BCUT2D eigenvalue weighted by Gasteiger charge is 2.29. The van der Waals surface area contributed by atoms with Crippen LogP contribution in [-0.2, 0) is 24.2 Å². The second-order valence-electron chi connectivity index (χ2n) is 10.9. The van der Waals surface area contributed by atoms with Crippen LogP contribution in [0, 0.1) is 0 Å². The molecule has 5 rings (SSSR count). The summed E-state index contributed by atoms with van der Waals surface area (Å²) in [4.78, 5) is 28.5. The van der Waals surface area contributed by atoms with E-state index in [-0.39, 0.29) is 11.9 Å². The number of carbonyl (C=O) groups excluding carboxylic acids is 1. The molecule has 0 radical (unpaired) electrons. The summed E-state index contributed by atoms with van der Waals surface area (Å²) in [5.41, 5.74) is 4.51. The Labute approximate surface area is 233 Å². The second-order valence-corrected chi connectivity index (χ2v) is 10.9. The SMILES string of the molecule is CCCCCc1ccc(C(=O)N(Cc2ccc(N3CCOCC3)cc2)C2CCN(Cc3ncc[nH]3)CC2)cc1. The fourth-order valence-corrected chi connectivity index (χ4v) is 5.74. The Balaban J connectivity index is 1.28. The molecule has 2 aliphatic rings. The van der Waals surface area contributed by atoms with Crippen LogP contribution < -0.4 is 4.90 Å². The maximum atomic E-state index is 13.9. The number of nitrogens with one attached hydrogen (secondary N) is 1. The Kier molecular flexibility index (Phi) is 9.67. The Hall–Kier alpha value is -3.16. The summed E-state index contributed by atoms with van der Waals surface area (Å²) in [6, 6.07) is 17.3. The van der Waals surface area contributed by atoms with Gasteiger partial charge in [-0.15, -0.1) is 0 Å². The first-order valence-electron chi connectivity index (χ1n) is 14.7. The highest BCUT2D eigenvalue weighted by molar-refractivity contribution is 5.94. The van der Waals surface area contributed by atoms with Gasteiger partial charge in [-0.3, -0.25) is 9.69 Å². The normalized spacial score (nSPS) is 16.9. The largest absolute Gasteiger partial charge is 0.378 e. The van der Waals surface area contributed by atoms with Crippen LogP contribution >= 0.6 is 0 Å². The number of ether oxygens (including phenoxy) is 1. The Morgan fingerprint density at radius 2 is 1.69 bits per heavy atom. The molecule has 7 heteroatoms. The van der Waals surface area contributed by atoms with Crippen molar-refractivity contribution >= 4 is 11.6 Å². The van der Waals surface area contributed by atoms with Gasteiger partial charge in [0.05, 0.1) is 19.8 Å². The van der Waals surface area contributed by atoms with Gasteiger partial charge in [0, 0.05) is 62.4 Å². The first-order chi connectivity index (χ1) is 19.2. The molecule has 2 aliphatic heterocycles. The van der Waals surface area contributed by atoms with E-state index >= 15 is 0 Å². The lowest BCUT2D eigenvalue weighted by Gasteiger charge is -2.38. The van der Waals surface area contributed by atoms with Crippen LogP contribution in [0.3, 0.4) is 0 Å². The fraction of sp³-hybridized carbons (Fsp3) is 0.500. The zero-order valence-corrected chi connectivity index (χ0v) is 23.4. The molecular formula is C32H43N5O2. The van der Waals surface area contributed by atoms with Crippen molar-refractivity contribution in [2.24, 2.45) is 0 Å². The highest BCUT2D eigenvalue weighted by atomic mass is 16.5. The molecule has 3 aromatic rings. The van der Waals surface area contributed by atoms with Crippen molar-refractivity contribution < 1.29 is 9.53 Å². The smallest absolute Gasteiger partial charge is 0.254 e. The summed E-state index contributed by atoms with van der Waals surface area (Å²) in [6.45, 7) is 9.01. The van der Waals surface area contributed by atoms with E-state index in [0.717, 1.165) is 76.6 Å². The van der Waals surface area contributed by atoms with Gasteiger partial charge in [-0.05, 0) is 61.1 Å². The molecule has 0 saturated carbocycles. The molecule has 7 nitrogen and oxygen atoms in total. The van der Waals surface area contributed by atoms with Crippen LogP contribution in [0.15, 0.2) is 60.9 Å². The highest BCUT2D eigenvalue weighted by Crippen LogP contribution is 2.24. The average Bonchev–Trinajstić information content (AvgIpc) is 3.50. The van der Waals surface area contributed by atoms with E-state index in [4.69, 9.17) is 4.74 Å². The number of benzene rings is 2. The predicted octanol–water partition coefficient (Wildman–Crippen LogP) is 5.29. The monoisotopic (exact) mass is 529 g/mol. The topological polar surface area (TPSA) is 64.7 Å². The number of hydrogen-bond acceptors (Lipinski definition) is 5. The Morgan fingerprint density at radius 1 is 0.974 bits per heavy atom. The minimum atomic E-state index is 0.136. The third-order valence-electron chi connectivity index (χ3n) is 8.12. The third-order valence-corrected chi connectivity index (χ3v) is 8.12. The van der Waals surface area contributed by atoms with Crippen molar-refractivity contribution in [3.8, 4) is 0 Å². The lowest BCUT2D eigenvalue weighted by atomic mass is 9.99. The molecule has 0 spiro atoms. The Morgan fingerprint density at radius 3 is 2.36 bits per heavy atom. The summed E-state index contributed by atoms with van der Waals surface area (Å²) >= 11 is 0. The van der Waals surface area contributed by atoms with Gasteiger partial charge in [-0.2, -0.15) is 0 Å². The average molecular weight is 530 g/mol. The molecule has 2 aromatic carbocycles. The fourth-order valence-electron chi connectivity index (χ4n) is 5.74.